The molecule has 6 aromatic rings. The third-order valence-electron chi connectivity index (χ3n) is 11.1. The maximum absolute atomic E-state index is 6.13. The van der Waals surface area contributed by atoms with Crippen LogP contribution < -0.4 is 18.9 Å². The van der Waals surface area contributed by atoms with Crippen LogP contribution >= 0.6 is 0 Å². The van der Waals surface area contributed by atoms with Gasteiger partial charge in [-0.1, -0.05) is 61.5 Å². The van der Waals surface area contributed by atoms with E-state index in [2.05, 4.69) is 93.2 Å². The van der Waals surface area contributed by atoms with E-state index in [4.69, 9.17) is 27.8 Å². The average molecular weight is 797 g/mol. The monoisotopic (exact) mass is 797 g/mol. The fraction of sp³-hybridized carbons (Fsp3) is 0.500. The highest BCUT2D eigenvalue weighted by atomic mass is 16.5. The molecular weight excluding hydrogens is 729 g/mol. The molecule has 0 amide bonds. The number of likely N-dealkylation sites (N-methyl/N-ethyl adjacent to an activating group) is 4. The topological polar surface area (TPSA) is 76.2 Å². The molecule has 0 radical (unpaired) electrons. The second kappa shape index (κ2) is 23.2. The molecule has 0 spiro atoms. The van der Waals surface area contributed by atoms with Gasteiger partial charge in [0.15, 0.2) is 0 Å². The highest BCUT2D eigenvalue weighted by molar-refractivity contribution is 6.08. The summed E-state index contributed by atoms with van der Waals surface area (Å²) in [6, 6.07) is 24.2. The Morgan fingerprint density at radius 3 is 1.29 bits per heavy atom. The first-order valence-corrected chi connectivity index (χ1v) is 21.7. The van der Waals surface area contributed by atoms with Crippen LogP contribution in [-0.4, -0.2) is 125 Å². The zero-order valence-corrected chi connectivity index (χ0v) is 36.5. The normalized spacial score (nSPS) is 11.8. The van der Waals surface area contributed by atoms with E-state index < -0.39 is 0 Å². The summed E-state index contributed by atoms with van der Waals surface area (Å²) >= 11 is 0. The van der Waals surface area contributed by atoms with Crippen LogP contribution in [0.3, 0.4) is 0 Å². The number of rotatable bonds is 24. The standard InChI is InChI=1S/2C24H34N2O3/c1-5-25(6-2)13-15-27-19-10-12-23-22(17-19)21-11-9-20(18-24(21)29-23)28-16-14-26(7-3)8-4;1-5-25(6-2)14-16-27-19-12-13-20-23(18-19)29-22-11-9-10-21(24(20)22)28-17-15-26(7-3)8-4/h9-12,17-18H,5-8,13-16H2,1-4H3;9-13,18H,5-8,14-17H2,1-4H3. The molecule has 0 unspecified atom stereocenters. The quantitative estimate of drug-likeness (QED) is 0.0591. The first-order valence-electron chi connectivity index (χ1n) is 21.7. The second-order valence-electron chi connectivity index (χ2n) is 14.3. The summed E-state index contributed by atoms with van der Waals surface area (Å²) in [5.74, 6) is 3.45. The number of hydrogen-bond acceptors (Lipinski definition) is 10. The van der Waals surface area contributed by atoms with Gasteiger partial charge in [-0.15, -0.1) is 0 Å². The minimum Gasteiger partial charge on any atom is -0.492 e. The molecule has 0 aliphatic rings. The van der Waals surface area contributed by atoms with E-state index in [1.165, 1.54) is 0 Å². The van der Waals surface area contributed by atoms with Crippen molar-refractivity contribution in [2.24, 2.45) is 0 Å². The van der Waals surface area contributed by atoms with Crippen LogP contribution in [0, 0.1) is 0 Å². The van der Waals surface area contributed by atoms with E-state index in [-0.39, 0.29) is 0 Å². The summed E-state index contributed by atoms with van der Waals surface area (Å²) in [6.07, 6.45) is 0. The van der Waals surface area contributed by atoms with E-state index in [0.717, 1.165) is 145 Å². The molecule has 0 aliphatic heterocycles. The summed E-state index contributed by atoms with van der Waals surface area (Å²) < 4.78 is 36.1. The van der Waals surface area contributed by atoms with Crippen molar-refractivity contribution >= 4 is 43.9 Å². The molecular formula is C48H68N4O6. The summed E-state index contributed by atoms with van der Waals surface area (Å²) in [7, 11) is 0. The molecule has 0 saturated heterocycles. The highest BCUT2D eigenvalue weighted by Gasteiger charge is 2.14. The minimum atomic E-state index is 0.667. The van der Waals surface area contributed by atoms with Gasteiger partial charge in [0.05, 0.1) is 5.39 Å². The molecule has 0 aliphatic carbocycles. The van der Waals surface area contributed by atoms with Gasteiger partial charge in [-0.3, -0.25) is 0 Å². The molecule has 0 N–H and O–H groups in total. The first kappa shape index (κ1) is 44.6. The van der Waals surface area contributed by atoms with Gasteiger partial charge in [0.25, 0.3) is 0 Å². The molecule has 0 atom stereocenters. The van der Waals surface area contributed by atoms with Crippen molar-refractivity contribution in [2.75, 3.05) is 105 Å². The molecule has 0 saturated carbocycles. The Kier molecular flexibility index (Phi) is 17.8. The number of benzene rings is 4. The molecule has 6 rings (SSSR count). The average Bonchev–Trinajstić information content (AvgIpc) is 3.82. The maximum atomic E-state index is 6.13. The predicted octanol–water partition coefficient (Wildman–Crippen LogP) is 10.1. The third kappa shape index (κ3) is 12.0. The van der Waals surface area contributed by atoms with Gasteiger partial charge in [0.2, 0.25) is 0 Å². The highest BCUT2D eigenvalue weighted by Crippen LogP contribution is 2.37. The van der Waals surface area contributed by atoms with Crippen molar-refractivity contribution in [1.29, 1.82) is 0 Å². The molecule has 10 nitrogen and oxygen atoms in total. The van der Waals surface area contributed by atoms with Gasteiger partial charge in [-0.25, -0.2) is 0 Å². The fourth-order valence-electron chi connectivity index (χ4n) is 7.22. The number of fused-ring (bicyclic) bond motifs is 6. The Hall–Kier alpha value is -4.48. The van der Waals surface area contributed by atoms with Gasteiger partial charge in [0, 0.05) is 54.5 Å². The Labute approximate surface area is 346 Å². The van der Waals surface area contributed by atoms with Gasteiger partial charge < -0.3 is 47.4 Å². The first-order chi connectivity index (χ1) is 28.4. The molecule has 316 valence electrons. The smallest absolute Gasteiger partial charge is 0.139 e. The number of ether oxygens (including phenoxy) is 4. The molecule has 58 heavy (non-hydrogen) atoms. The maximum Gasteiger partial charge on any atom is 0.139 e. The summed E-state index contributed by atoms with van der Waals surface area (Å²) in [5, 5.41) is 4.27. The van der Waals surface area contributed by atoms with Crippen molar-refractivity contribution in [2.45, 2.75) is 55.4 Å². The van der Waals surface area contributed by atoms with Crippen molar-refractivity contribution in [3.05, 3.63) is 72.8 Å². The lowest BCUT2D eigenvalue weighted by molar-refractivity contribution is 0.223. The van der Waals surface area contributed by atoms with Gasteiger partial charge in [0.1, 0.15) is 71.8 Å². The molecule has 4 aromatic carbocycles. The lowest BCUT2D eigenvalue weighted by Gasteiger charge is -2.18. The molecule has 2 heterocycles. The summed E-state index contributed by atoms with van der Waals surface area (Å²) in [6.45, 7) is 32.1. The van der Waals surface area contributed by atoms with Gasteiger partial charge in [-0.2, -0.15) is 0 Å². The molecule has 2 aromatic heterocycles. The predicted molar refractivity (Wildman–Crippen MR) is 241 cm³/mol. The largest absolute Gasteiger partial charge is 0.492 e. The summed E-state index contributed by atoms with van der Waals surface area (Å²) in [5.41, 5.74) is 3.40. The van der Waals surface area contributed by atoms with Crippen LogP contribution in [-0.2, 0) is 0 Å². The molecule has 0 bridgehead atoms. The minimum absolute atomic E-state index is 0.667. The third-order valence-corrected chi connectivity index (χ3v) is 11.1. The Morgan fingerprint density at radius 2 is 0.793 bits per heavy atom. The van der Waals surface area contributed by atoms with Crippen molar-refractivity contribution in [3.8, 4) is 23.0 Å². The molecule has 0 fully saturated rings. The van der Waals surface area contributed by atoms with Crippen LogP contribution in [0.25, 0.3) is 43.9 Å². The van der Waals surface area contributed by atoms with E-state index in [0.29, 0.717) is 26.4 Å². The van der Waals surface area contributed by atoms with Crippen LogP contribution in [0.5, 0.6) is 23.0 Å². The van der Waals surface area contributed by atoms with E-state index >= 15 is 0 Å². The zero-order valence-electron chi connectivity index (χ0n) is 36.5. The van der Waals surface area contributed by atoms with Crippen molar-refractivity contribution < 1.29 is 27.8 Å². The fourth-order valence-corrected chi connectivity index (χ4v) is 7.22. The zero-order chi connectivity index (χ0) is 41.3. The van der Waals surface area contributed by atoms with Crippen molar-refractivity contribution in [3.63, 3.8) is 0 Å². The van der Waals surface area contributed by atoms with Crippen LogP contribution in [0.4, 0.5) is 0 Å². The van der Waals surface area contributed by atoms with Crippen LogP contribution in [0.15, 0.2) is 81.6 Å². The van der Waals surface area contributed by atoms with Gasteiger partial charge >= 0.3 is 0 Å². The number of nitrogens with zero attached hydrogens (tertiary/aromatic N) is 4. The lowest BCUT2D eigenvalue weighted by atomic mass is 10.1. The SMILES string of the molecule is CCN(CC)CCOc1ccc2c(c1)oc1ccc(OCCN(CC)CC)cc12.CCN(CC)CCOc1ccc2c(c1)oc1cccc(OCCN(CC)CC)c12. The van der Waals surface area contributed by atoms with Crippen LogP contribution in [0.2, 0.25) is 0 Å². The van der Waals surface area contributed by atoms with Crippen LogP contribution in [0.1, 0.15) is 55.4 Å². The van der Waals surface area contributed by atoms with E-state index in [1.54, 1.807) is 0 Å². The van der Waals surface area contributed by atoms with E-state index in [9.17, 15) is 0 Å². The lowest BCUT2D eigenvalue weighted by Crippen LogP contribution is -2.27. The molecule has 10 heteroatoms. The Morgan fingerprint density at radius 1 is 0.379 bits per heavy atom. The summed E-state index contributed by atoms with van der Waals surface area (Å²) in [4.78, 5) is 9.41. The Balaban J connectivity index is 0.000000221. The van der Waals surface area contributed by atoms with Gasteiger partial charge in [-0.05, 0) is 107 Å². The number of hydrogen-bond donors (Lipinski definition) is 0. The van der Waals surface area contributed by atoms with E-state index in [1.807, 2.05) is 54.6 Å². The van der Waals surface area contributed by atoms with Crippen molar-refractivity contribution in [1.82, 2.24) is 19.6 Å². The Bertz CT molecular complexity index is 2090. The second-order valence-corrected chi connectivity index (χ2v) is 14.3. The number of furan rings is 2.